The van der Waals surface area contributed by atoms with Crippen molar-refractivity contribution in [2.24, 2.45) is 0 Å². The van der Waals surface area contributed by atoms with Crippen LogP contribution < -0.4 is 10.6 Å². The SMILES string of the molecule is C1CCCC(NCCNC2CC2)CC1. The highest BCUT2D eigenvalue weighted by Crippen LogP contribution is 2.18. The van der Waals surface area contributed by atoms with Gasteiger partial charge in [0.25, 0.3) is 0 Å². The molecule has 0 saturated heterocycles. The molecule has 2 aliphatic rings. The first-order valence-electron chi connectivity index (χ1n) is 6.42. The molecule has 2 rings (SSSR count). The highest BCUT2D eigenvalue weighted by Gasteiger charge is 2.19. The van der Waals surface area contributed by atoms with Gasteiger partial charge in [-0.25, -0.2) is 0 Å². The second kappa shape index (κ2) is 5.72. The topological polar surface area (TPSA) is 24.1 Å². The third-order valence-electron chi connectivity index (χ3n) is 3.42. The van der Waals surface area contributed by atoms with Gasteiger partial charge in [-0.15, -0.1) is 0 Å². The Labute approximate surface area is 87.8 Å². The van der Waals surface area contributed by atoms with Crippen LogP contribution in [-0.2, 0) is 0 Å². The van der Waals surface area contributed by atoms with E-state index in [0.717, 1.165) is 12.1 Å². The Morgan fingerprint density at radius 2 is 1.14 bits per heavy atom. The normalized spacial score (nSPS) is 24.9. The number of nitrogens with one attached hydrogen (secondary N) is 2. The third kappa shape index (κ3) is 3.97. The van der Waals surface area contributed by atoms with Gasteiger partial charge in [0.2, 0.25) is 0 Å². The second-order valence-corrected chi connectivity index (χ2v) is 4.87. The molecule has 0 unspecified atom stereocenters. The van der Waals surface area contributed by atoms with E-state index in [-0.39, 0.29) is 0 Å². The molecule has 0 radical (unpaired) electrons. The number of hydrogen-bond donors (Lipinski definition) is 2. The molecule has 2 nitrogen and oxygen atoms in total. The van der Waals surface area contributed by atoms with Crippen LogP contribution in [-0.4, -0.2) is 25.2 Å². The summed E-state index contributed by atoms with van der Waals surface area (Å²) in [5.74, 6) is 0. The Balaban J connectivity index is 1.49. The van der Waals surface area contributed by atoms with E-state index in [4.69, 9.17) is 0 Å². The summed E-state index contributed by atoms with van der Waals surface area (Å²) in [6.07, 6.45) is 11.4. The maximum Gasteiger partial charge on any atom is 0.00794 e. The van der Waals surface area contributed by atoms with Crippen LogP contribution in [0.15, 0.2) is 0 Å². The van der Waals surface area contributed by atoms with Crippen molar-refractivity contribution in [2.45, 2.75) is 63.5 Å². The molecule has 0 aromatic carbocycles. The molecule has 2 fully saturated rings. The molecule has 14 heavy (non-hydrogen) atoms. The van der Waals surface area contributed by atoms with Gasteiger partial charge >= 0.3 is 0 Å². The zero-order valence-electron chi connectivity index (χ0n) is 9.23. The molecule has 0 amide bonds. The van der Waals surface area contributed by atoms with Crippen LogP contribution in [0.5, 0.6) is 0 Å². The van der Waals surface area contributed by atoms with Crippen LogP contribution in [0, 0.1) is 0 Å². The molecule has 2 saturated carbocycles. The molecule has 0 aromatic heterocycles. The lowest BCUT2D eigenvalue weighted by Crippen LogP contribution is -2.35. The van der Waals surface area contributed by atoms with Crippen LogP contribution in [0.25, 0.3) is 0 Å². The van der Waals surface area contributed by atoms with Crippen molar-refractivity contribution in [1.82, 2.24) is 10.6 Å². The van der Waals surface area contributed by atoms with Gasteiger partial charge in [0.1, 0.15) is 0 Å². The summed E-state index contributed by atoms with van der Waals surface area (Å²) in [7, 11) is 0. The van der Waals surface area contributed by atoms with E-state index < -0.39 is 0 Å². The van der Waals surface area contributed by atoms with E-state index in [1.807, 2.05) is 0 Å². The minimum absolute atomic E-state index is 0.818. The molecular weight excluding hydrogens is 172 g/mol. The molecule has 2 N–H and O–H groups in total. The minimum Gasteiger partial charge on any atom is -0.313 e. The molecule has 0 aromatic rings. The molecule has 2 aliphatic carbocycles. The van der Waals surface area contributed by atoms with Crippen molar-refractivity contribution < 1.29 is 0 Å². The summed E-state index contributed by atoms with van der Waals surface area (Å²) in [6.45, 7) is 2.34. The van der Waals surface area contributed by atoms with Gasteiger partial charge in [0.05, 0.1) is 0 Å². The van der Waals surface area contributed by atoms with E-state index in [1.165, 1.54) is 64.5 Å². The number of hydrogen-bond acceptors (Lipinski definition) is 2. The highest BCUT2D eigenvalue weighted by atomic mass is 15.0. The summed E-state index contributed by atoms with van der Waals surface area (Å²) >= 11 is 0. The summed E-state index contributed by atoms with van der Waals surface area (Å²) < 4.78 is 0. The van der Waals surface area contributed by atoms with Gasteiger partial charge in [-0.1, -0.05) is 25.7 Å². The fraction of sp³-hybridized carbons (Fsp3) is 1.00. The first-order chi connectivity index (χ1) is 6.95. The first-order valence-corrected chi connectivity index (χ1v) is 6.42. The Bertz CT molecular complexity index is 146. The third-order valence-corrected chi connectivity index (χ3v) is 3.42. The van der Waals surface area contributed by atoms with E-state index in [9.17, 15) is 0 Å². The predicted molar refractivity (Wildman–Crippen MR) is 60.5 cm³/mol. The predicted octanol–water partition coefficient (Wildman–Crippen LogP) is 2.05. The molecule has 82 valence electrons. The Morgan fingerprint density at radius 3 is 1.64 bits per heavy atom. The summed E-state index contributed by atoms with van der Waals surface area (Å²) in [6, 6.07) is 1.68. The lowest BCUT2D eigenvalue weighted by molar-refractivity contribution is 0.454. The van der Waals surface area contributed by atoms with Crippen molar-refractivity contribution in [3.63, 3.8) is 0 Å². The van der Waals surface area contributed by atoms with Crippen LogP contribution in [0.4, 0.5) is 0 Å². The minimum atomic E-state index is 0.818. The summed E-state index contributed by atoms with van der Waals surface area (Å²) in [5.41, 5.74) is 0. The lowest BCUT2D eigenvalue weighted by Gasteiger charge is -2.16. The molecule has 0 spiro atoms. The molecule has 0 atom stereocenters. The van der Waals surface area contributed by atoms with Crippen molar-refractivity contribution in [3.05, 3.63) is 0 Å². The van der Waals surface area contributed by atoms with Gasteiger partial charge in [0, 0.05) is 25.2 Å². The van der Waals surface area contributed by atoms with Crippen molar-refractivity contribution in [2.75, 3.05) is 13.1 Å². The van der Waals surface area contributed by atoms with Crippen LogP contribution in [0.3, 0.4) is 0 Å². The Hall–Kier alpha value is -0.0800. The largest absolute Gasteiger partial charge is 0.313 e. The van der Waals surface area contributed by atoms with E-state index in [1.54, 1.807) is 0 Å². The second-order valence-electron chi connectivity index (χ2n) is 4.87. The van der Waals surface area contributed by atoms with Crippen molar-refractivity contribution >= 4 is 0 Å². The average molecular weight is 196 g/mol. The maximum absolute atomic E-state index is 3.68. The molecule has 2 heteroatoms. The van der Waals surface area contributed by atoms with Gasteiger partial charge in [-0.3, -0.25) is 0 Å². The van der Waals surface area contributed by atoms with Gasteiger partial charge in [-0.05, 0) is 25.7 Å². The Kier molecular flexibility index (Phi) is 4.26. The summed E-state index contributed by atoms with van der Waals surface area (Å²) in [4.78, 5) is 0. The van der Waals surface area contributed by atoms with E-state index >= 15 is 0 Å². The number of rotatable bonds is 5. The first kappa shape index (κ1) is 10.4. The van der Waals surface area contributed by atoms with Crippen LogP contribution >= 0.6 is 0 Å². The zero-order valence-corrected chi connectivity index (χ0v) is 9.23. The molecular formula is C12H24N2. The molecule has 0 bridgehead atoms. The monoisotopic (exact) mass is 196 g/mol. The van der Waals surface area contributed by atoms with Crippen molar-refractivity contribution in [1.29, 1.82) is 0 Å². The fourth-order valence-corrected chi connectivity index (χ4v) is 2.32. The highest BCUT2D eigenvalue weighted by molar-refractivity contribution is 4.81. The van der Waals surface area contributed by atoms with Gasteiger partial charge in [0.15, 0.2) is 0 Å². The zero-order chi connectivity index (χ0) is 9.64. The maximum atomic E-state index is 3.68. The summed E-state index contributed by atoms with van der Waals surface area (Å²) in [5, 5.41) is 7.23. The van der Waals surface area contributed by atoms with Gasteiger partial charge in [-0.2, -0.15) is 0 Å². The smallest absolute Gasteiger partial charge is 0.00794 e. The van der Waals surface area contributed by atoms with Crippen LogP contribution in [0.2, 0.25) is 0 Å². The van der Waals surface area contributed by atoms with Crippen molar-refractivity contribution in [3.8, 4) is 0 Å². The average Bonchev–Trinajstić information content (AvgIpc) is 3.01. The molecule has 0 aliphatic heterocycles. The quantitative estimate of drug-likeness (QED) is 0.519. The standard InChI is InChI=1S/C12H24N2/c1-2-4-6-11(5-3-1)13-9-10-14-12-7-8-12/h11-14H,1-10H2. The molecule has 0 heterocycles. The van der Waals surface area contributed by atoms with Crippen LogP contribution in [0.1, 0.15) is 51.4 Å². The lowest BCUT2D eigenvalue weighted by atomic mass is 10.1. The van der Waals surface area contributed by atoms with E-state index in [2.05, 4.69) is 10.6 Å². The van der Waals surface area contributed by atoms with E-state index in [0.29, 0.717) is 0 Å². The van der Waals surface area contributed by atoms with Gasteiger partial charge < -0.3 is 10.6 Å². The fourth-order valence-electron chi connectivity index (χ4n) is 2.32. The Morgan fingerprint density at radius 1 is 0.643 bits per heavy atom.